The van der Waals surface area contributed by atoms with Crippen LogP contribution in [0.4, 0.5) is 5.69 Å². The molecule has 0 saturated heterocycles. The minimum atomic E-state index is -0.481. The van der Waals surface area contributed by atoms with E-state index in [1.54, 1.807) is 0 Å². The zero-order valence-corrected chi connectivity index (χ0v) is 13.4. The maximum atomic E-state index is 10.5. The van der Waals surface area contributed by atoms with Gasteiger partial charge in [0.05, 0.1) is 9.95 Å². The summed E-state index contributed by atoms with van der Waals surface area (Å²) < 4.78 is 5.51. The summed E-state index contributed by atoms with van der Waals surface area (Å²) in [5.74, 6) is 0.481. The van der Waals surface area contributed by atoms with Gasteiger partial charge in [0.1, 0.15) is 12.4 Å². The number of nitrogens with zero attached hydrogens (tertiary/aromatic N) is 2. The predicted octanol–water partition coefficient (Wildman–Crippen LogP) is 3.55. The van der Waals surface area contributed by atoms with Crippen LogP contribution in [0.2, 0.25) is 5.02 Å². The van der Waals surface area contributed by atoms with E-state index in [2.05, 4.69) is 18.7 Å². The van der Waals surface area contributed by atoms with Gasteiger partial charge in [0, 0.05) is 18.7 Å². The van der Waals surface area contributed by atoms with Crippen molar-refractivity contribution in [1.29, 1.82) is 0 Å². The van der Waals surface area contributed by atoms with Gasteiger partial charge in [-0.05, 0) is 19.2 Å². The second kappa shape index (κ2) is 9.12. The highest BCUT2D eigenvalue weighted by Crippen LogP contribution is 2.28. The lowest BCUT2D eigenvalue weighted by Crippen LogP contribution is -2.27. The molecule has 0 saturated carbocycles. The van der Waals surface area contributed by atoms with Crippen LogP contribution in [0.5, 0.6) is 5.75 Å². The summed E-state index contributed by atoms with van der Waals surface area (Å²) in [6, 6.07) is 4.22. The molecule has 0 aromatic heterocycles. The van der Waals surface area contributed by atoms with Gasteiger partial charge in [-0.3, -0.25) is 10.1 Å². The van der Waals surface area contributed by atoms with Crippen molar-refractivity contribution in [2.45, 2.75) is 13.8 Å². The third-order valence-electron chi connectivity index (χ3n) is 2.69. The third kappa shape index (κ3) is 5.76. The van der Waals surface area contributed by atoms with Crippen molar-refractivity contribution in [3.8, 4) is 5.75 Å². The number of non-ortho nitro benzene ring substituents is 1. The smallest absolute Gasteiger partial charge is 0.271 e. The molecule has 5 nitrogen and oxygen atoms in total. The molecule has 1 aromatic rings. The first kappa shape index (κ1) is 18.1. The van der Waals surface area contributed by atoms with Gasteiger partial charge in [-0.2, -0.15) is 0 Å². The molecular weight excluding hydrogens is 336 g/mol. The number of nitro groups is 1. The zero-order valence-electron chi connectivity index (χ0n) is 11.0. The fraction of sp³-hybridized carbons (Fsp3) is 0.500. The van der Waals surface area contributed by atoms with Crippen LogP contribution in [0, 0.1) is 10.1 Å². The Kier molecular flexibility index (Phi) is 8.71. The summed E-state index contributed by atoms with van der Waals surface area (Å²) in [7, 11) is 0. The second-order valence-corrected chi connectivity index (χ2v) is 4.15. The number of likely N-dealkylation sites (N-methyl/N-ethyl adjacent to an activating group) is 1. The van der Waals surface area contributed by atoms with E-state index in [0.717, 1.165) is 19.6 Å². The Hall–Kier alpha value is -0.850. The Morgan fingerprint density at radius 3 is 2.47 bits per heavy atom. The van der Waals surface area contributed by atoms with E-state index >= 15 is 0 Å². The predicted molar refractivity (Wildman–Crippen MR) is 81.7 cm³/mol. The van der Waals surface area contributed by atoms with Crippen LogP contribution in [0.3, 0.4) is 0 Å². The first-order chi connectivity index (χ1) is 8.58. The number of hydrogen-bond donors (Lipinski definition) is 0. The lowest BCUT2D eigenvalue weighted by Gasteiger charge is -2.18. The first-order valence-corrected chi connectivity index (χ1v) is 6.25. The van der Waals surface area contributed by atoms with Crippen molar-refractivity contribution in [1.82, 2.24) is 4.90 Å². The van der Waals surface area contributed by atoms with Gasteiger partial charge in [0.2, 0.25) is 0 Å². The number of hydrogen-bond acceptors (Lipinski definition) is 4. The molecule has 0 aliphatic carbocycles. The Morgan fingerprint density at radius 1 is 1.37 bits per heavy atom. The first-order valence-electron chi connectivity index (χ1n) is 5.87. The Bertz CT molecular complexity index is 414. The lowest BCUT2D eigenvalue weighted by molar-refractivity contribution is -0.384. The maximum Gasteiger partial charge on any atom is 0.271 e. The van der Waals surface area contributed by atoms with E-state index in [0.29, 0.717) is 12.4 Å². The van der Waals surface area contributed by atoms with Crippen molar-refractivity contribution >= 4 is 34.3 Å². The molecule has 0 aliphatic rings. The van der Waals surface area contributed by atoms with Crippen LogP contribution in [-0.4, -0.2) is 36.1 Å². The molecule has 0 spiro atoms. The summed E-state index contributed by atoms with van der Waals surface area (Å²) >= 11 is 5.91. The van der Waals surface area contributed by atoms with Crippen molar-refractivity contribution < 1.29 is 9.66 Å². The quantitative estimate of drug-likeness (QED) is 0.555. The molecule has 0 atom stereocenters. The van der Waals surface area contributed by atoms with Crippen molar-refractivity contribution in [2.24, 2.45) is 0 Å². The van der Waals surface area contributed by atoms with E-state index in [1.165, 1.54) is 18.2 Å². The number of benzene rings is 1. The van der Waals surface area contributed by atoms with Gasteiger partial charge >= 0.3 is 0 Å². The van der Waals surface area contributed by atoms with Crippen molar-refractivity contribution in [3.05, 3.63) is 33.3 Å². The molecule has 0 bridgehead atoms. The van der Waals surface area contributed by atoms with Crippen LogP contribution >= 0.6 is 28.6 Å². The van der Waals surface area contributed by atoms with Crippen molar-refractivity contribution in [2.75, 3.05) is 26.2 Å². The van der Waals surface area contributed by atoms with Gasteiger partial charge in [-0.1, -0.05) is 25.4 Å². The molecule has 1 aromatic carbocycles. The SMILES string of the molecule is Br.CCN(CC)CCOc1ccc([N+](=O)[O-])cc1Cl. The molecule has 0 N–H and O–H groups in total. The highest BCUT2D eigenvalue weighted by atomic mass is 79.9. The van der Waals surface area contributed by atoms with Crippen molar-refractivity contribution in [3.63, 3.8) is 0 Å². The molecule has 108 valence electrons. The highest BCUT2D eigenvalue weighted by Gasteiger charge is 2.10. The minimum absolute atomic E-state index is 0. The van der Waals surface area contributed by atoms with E-state index in [9.17, 15) is 10.1 Å². The van der Waals surface area contributed by atoms with Crippen LogP contribution in [0.1, 0.15) is 13.8 Å². The topological polar surface area (TPSA) is 55.6 Å². The standard InChI is InChI=1S/C12H17ClN2O3.BrH/c1-3-14(4-2)7-8-18-12-6-5-10(15(16)17)9-11(12)13;/h5-6,9H,3-4,7-8H2,1-2H3;1H. The molecule has 0 amide bonds. The molecule has 0 aliphatic heterocycles. The van der Waals surface area contributed by atoms with E-state index in [-0.39, 0.29) is 27.7 Å². The monoisotopic (exact) mass is 352 g/mol. The normalized spacial score (nSPS) is 10.1. The molecule has 19 heavy (non-hydrogen) atoms. The van der Waals surface area contributed by atoms with Gasteiger partial charge < -0.3 is 9.64 Å². The van der Waals surface area contributed by atoms with Gasteiger partial charge in [-0.25, -0.2) is 0 Å². The van der Waals surface area contributed by atoms with E-state index in [1.807, 2.05) is 0 Å². The Balaban J connectivity index is 0.00000324. The Labute approximate surface area is 128 Å². The molecule has 7 heteroatoms. The summed E-state index contributed by atoms with van der Waals surface area (Å²) in [6.07, 6.45) is 0. The number of rotatable bonds is 7. The van der Waals surface area contributed by atoms with Gasteiger partial charge in [-0.15, -0.1) is 17.0 Å². The summed E-state index contributed by atoms with van der Waals surface area (Å²) in [4.78, 5) is 12.3. The van der Waals surface area contributed by atoms with E-state index in [4.69, 9.17) is 16.3 Å². The molecule has 0 heterocycles. The summed E-state index contributed by atoms with van der Waals surface area (Å²) in [6.45, 7) is 7.42. The summed E-state index contributed by atoms with van der Waals surface area (Å²) in [5, 5.41) is 10.8. The largest absolute Gasteiger partial charge is 0.491 e. The zero-order chi connectivity index (χ0) is 13.5. The average molecular weight is 354 g/mol. The Morgan fingerprint density at radius 2 is 2.00 bits per heavy atom. The number of ether oxygens (including phenoxy) is 1. The molecular formula is C12H18BrClN2O3. The fourth-order valence-corrected chi connectivity index (χ4v) is 1.77. The second-order valence-electron chi connectivity index (χ2n) is 3.75. The highest BCUT2D eigenvalue weighted by molar-refractivity contribution is 8.93. The fourth-order valence-electron chi connectivity index (χ4n) is 1.54. The molecule has 0 radical (unpaired) electrons. The molecule has 0 unspecified atom stereocenters. The van der Waals surface area contributed by atoms with Crippen LogP contribution in [0.25, 0.3) is 0 Å². The van der Waals surface area contributed by atoms with Gasteiger partial charge in [0.25, 0.3) is 5.69 Å². The summed E-state index contributed by atoms with van der Waals surface area (Å²) in [5.41, 5.74) is -0.0314. The van der Waals surface area contributed by atoms with Crippen LogP contribution in [-0.2, 0) is 0 Å². The number of halogens is 2. The lowest BCUT2D eigenvalue weighted by atomic mass is 10.3. The third-order valence-corrected chi connectivity index (χ3v) is 2.98. The number of nitro benzene ring substituents is 1. The molecule has 1 rings (SSSR count). The molecule has 0 fully saturated rings. The van der Waals surface area contributed by atoms with E-state index < -0.39 is 4.92 Å². The maximum absolute atomic E-state index is 10.5. The van der Waals surface area contributed by atoms with Crippen LogP contribution in [0.15, 0.2) is 18.2 Å². The minimum Gasteiger partial charge on any atom is -0.491 e. The van der Waals surface area contributed by atoms with Crippen LogP contribution < -0.4 is 4.74 Å². The average Bonchev–Trinajstić information content (AvgIpc) is 2.36. The van der Waals surface area contributed by atoms with Gasteiger partial charge in [0.15, 0.2) is 0 Å².